The Labute approximate surface area is 130 Å². The van der Waals surface area contributed by atoms with E-state index in [0.717, 1.165) is 0 Å². The van der Waals surface area contributed by atoms with Gasteiger partial charge in [0.1, 0.15) is 48.8 Å². The molecule has 0 aliphatic carbocycles. The van der Waals surface area contributed by atoms with Gasteiger partial charge >= 0.3 is 0 Å². The predicted molar refractivity (Wildman–Crippen MR) is 69.8 cm³/mol. The summed E-state index contributed by atoms with van der Waals surface area (Å²) < 4.78 is 10.1. The van der Waals surface area contributed by atoms with E-state index in [9.17, 15) is 35.4 Å². The van der Waals surface area contributed by atoms with Gasteiger partial charge in [0.2, 0.25) is 0 Å². The van der Waals surface area contributed by atoms with Gasteiger partial charge in [-0.1, -0.05) is 0 Å². The van der Waals surface area contributed by atoms with Crippen molar-refractivity contribution in [3.63, 3.8) is 0 Å². The summed E-state index contributed by atoms with van der Waals surface area (Å²) in [6.45, 7) is -1.63. The molecule has 1 aliphatic heterocycles. The van der Waals surface area contributed by atoms with Crippen LogP contribution in [0.3, 0.4) is 0 Å². The van der Waals surface area contributed by atoms with Gasteiger partial charge < -0.3 is 55.1 Å². The number of carbonyl (C=O) groups is 1. The molecule has 0 aromatic rings. The van der Waals surface area contributed by atoms with Crippen LogP contribution in [0.4, 0.5) is 0 Å². The number of aliphatic hydroxyl groups excluding tert-OH is 8. The van der Waals surface area contributed by atoms with Crippen molar-refractivity contribution in [1.82, 2.24) is 0 Å². The molecule has 1 fully saturated rings. The van der Waals surface area contributed by atoms with Crippen LogP contribution in [0.15, 0.2) is 0 Å². The Morgan fingerprint density at radius 3 is 2.09 bits per heavy atom. The Bertz CT molecular complexity index is 367. The molecule has 8 N–H and O–H groups in total. The van der Waals surface area contributed by atoms with Crippen LogP contribution >= 0.6 is 0 Å². The standard InChI is InChI=1S/C12H22O11/c13-1-4(16)7(18)8(19)6(3-15)22-12-10(21)9(20)11(23-12)5(17)2-14/h1,4-12,14-21H,2-3H2/t4-,5+,6+,7+,8-,9+,10+,11-,12+/m0/s1. The summed E-state index contributed by atoms with van der Waals surface area (Å²) in [5, 5.41) is 75.3. The van der Waals surface area contributed by atoms with E-state index in [0.29, 0.717) is 0 Å². The maximum atomic E-state index is 10.4. The molecule has 1 saturated heterocycles. The number of hydrogen-bond acceptors (Lipinski definition) is 11. The van der Waals surface area contributed by atoms with E-state index in [1.807, 2.05) is 0 Å². The molecule has 0 unspecified atom stereocenters. The van der Waals surface area contributed by atoms with Gasteiger partial charge in [-0.3, -0.25) is 0 Å². The second-order valence-electron chi connectivity index (χ2n) is 5.17. The zero-order chi connectivity index (χ0) is 17.7. The van der Waals surface area contributed by atoms with E-state index in [1.165, 1.54) is 0 Å². The van der Waals surface area contributed by atoms with Crippen molar-refractivity contribution in [1.29, 1.82) is 0 Å². The zero-order valence-corrected chi connectivity index (χ0v) is 12.0. The van der Waals surface area contributed by atoms with Gasteiger partial charge in [0.05, 0.1) is 13.2 Å². The molecule has 1 rings (SSSR count). The van der Waals surface area contributed by atoms with Gasteiger partial charge in [0.15, 0.2) is 12.6 Å². The van der Waals surface area contributed by atoms with Crippen LogP contribution in [0.25, 0.3) is 0 Å². The van der Waals surface area contributed by atoms with E-state index in [1.54, 1.807) is 0 Å². The summed E-state index contributed by atoms with van der Waals surface area (Å²) in [6, 6.07) is 0. The molecule has 0 amide bonds. The minimum absolute atomic E-state index is 0.0272. The van der Waals surface area contributed by atoms with Crippen molar-refractivity contribution in [3.8, 4) is 0 Å². The number of hydrogen-bond donors (Lipinski definition) is 8. The fourth-order valence-electron chi connectivity index (χ4n) is 2.11. The lowest BCUT2D eigenvalue weighted by atomic mass is 10.0. The third-order valence-electron chi connectivity index (χ3n) is 3.53. The molecule has 0 radical (unpaired) electrons. The number of aldehydes is 1. The van der Waals surface area contributed by atoms with E-state index in [2.05, 4.69) is 0 Å². The van der Waals surface area contributed by atoms with E-state index in [-0.39, 0.29) is 6.29 Å². The molecule has 23 heavy (non-hydrogen) atoms. The Balaban J connectivity index is 2.73. The van der Waals surface area contributed by atoms with E-state index in [4.69, 9.17) is 19.7 Å². The summed E-state index contributed by atoms with van der Waals surface area (Å²) in [6.07, 6.45) is -15.1. The number of rotatable bonds is 9. The molecule has 0 aromatic heterocycles. The third kappa shape index (κ3) is 4.64. The molecule has 0 bridgehead atoms. The molecule has 1 heterocycles. The monoisotopic (exact) mass is 342 g/mol. The molecule has 9 atom stereocenters. The van der Waals surface area contributed by atoms with Gasteiger partial charge in [-0.25, -0.2) is 0 Å². The maximum absolute atomic E-state index is 10.4. The second kappa shape index (κ2) is 8.94. The van der Waals surface area contributed by atoms with Gasteiger partial charge in [0, 0.05) is 0 Å². The van der Waals surface area contributed by atoms with Gasteiger partial charge in [0.25, 0.3) is 0 Å². The molecule has 1 aliphatic rings. The van der Waals surface area contributed by atoms with Crippen molar-refractivity contribution in [2.45, 2.75) is 55.1 Å². The average molecular weight is 342 g/mol. The summed E-state index contributed by atoms with van der Waals surface area (Å²) >= 11 is 0. The molecule has 0 saturated carbocycles. The van der Waals surface area contributed by atoms with Crippen molar-refractivity contribution in [2.75, 3.05) is 13.2 Å². The van der Waals surface area contributed by atoms with Crippen molar-refractivity contribution < 1.29 is 55.1 Å². The third-order valence-corrected chi connectivity index (χ3v) is 3.53. The molecule has 11 nitrogen and oxygen atoms in total. The van der Waals surface area contributed by atoms with Gasteiger partial charge in [-0.2, -0.15) is 0 Å². The fraction of sp³-hybridized carbons (Fsp3) is 0.917. The smallest absolute Gasteiger partial charge is 0.187 e. The summed E-state index contributed by atoms with van der Waals surface area (Å²) in [4.78, 5) is 10.4. The Kier molecular flexibility index (Phi) is 7.89. The van der Waals surface area contributed by atoms with Crippen molar-refractivity contribution in [2.24, 2.45) is 0 Å². The molecule has 136 valence electrons. The van der Waals surface area contributed by atoms with Crippen LogP contribution in [-0.4, -0.2) is 115 Å². The Hall–Kier alpha value is -0.730. The van der Waals surface area contributed by atoms with Crippen LogP contribution in [0.2, 0.25) is 0 Å². The van der Waals surface area contributed by atoms with Gasteiger partial charge in [-0.05, 0) is 0 Å². The van der Waals surface area contributed by atoms with Crippen LogP contribution in [0, 0.1) is 0 Å². The van der Waals surface area contributed by atoms with Crippen molar-refractivity contribution >= 4 is 6.29 Å². The topological polar surface area (TPSA) is 197 Å². The van der Waals surface area contributed by atoms with Crippen LogP contribution in [-0.2, 0) is 14.3 Å². The molecule has 11 heteroatoms. The minimum atomic E-state index is -1.97. The second-order valence-corrected chi connectivity index (χ2v) is 5.17. The average Bonchev–Trinajstić information content (AvgIpc) is 2.84. The molecule has 0 aromatic carbocycles. The predicted octanol–water partition coefficient (Wildman–Crippen LogP) is -5.55. The highest BCUT2D eigenvalue weighted by Gasteiger charge is 2.48. The van der Waals surface area contributed by atoms with Crippen LogP contribution < -0.4 is 0 Å². The van der Waals surface area contributed by atoms with Crippen molar-refractivity contribution in [3.05, 3.63) is 0 Å². The highest BCUT2D eigenvalue weighted by molar-refractivity contribution is 5.56. The number of ether oxygens (including phenoxy) is 2. The SMILES string of the molecule is O=C[C@H](O)[C@@H](O)[C@@H](O)[C@@H](CO)O[C@@H]1O[C@@H]([C@H](O)CO)[C@H](O)[C@H]1O. The largest absolute Gasteiger partial charge is 0.394 e. The Morgan fingerprint density at radius 2 is 1.61 bits per heavy atom. The molecule has 0 spiro atoms. The number of carbonyl (C=O) groups excluding carboxylic acids is 1. The lowest BCUT2D eigenvalue weighted by Crippen LogP contribution is -2.49. The van der Waals surface area contributed by atoms with Crippen LogP contribution in [0.1, 0.15) is 0 Å². The first-order valence-electron chi connectivity index (χ1n) is 6.84. The minimum Gasteiger partial charge on any atom is -0.394 e. The first-order valence-corrected chi connectivity index (χ1v) is 6.84. The lowest BCUT2D eigenvalue weighted by molar-refractivity contribution is -0.235. The number of aliphatic hydroxyl groups is 8. The van der Waals surface area contributed by atoms with E-state index < -0.39 is 68.3 Å². The first-order chi connectivity index (χ1) is 10.8. The first kappa shape index (κ1) is 20.3. The highest BCUT2D eigenvalue weighted by atomic mass is 16.7. The van der Waals surface area contributed by atoms with Gasteiger partial charge in [-0.15, -0.1) is 0 Å². The van der Waals surface area contributed by atoms with Crippen LogP contribution in [0.5, 0.6) is 0 Å². The maximum Gasteiger partial charge on any atom is 0.187 e. The summed E-state index contributed by atoms with van der Waals surface area (Å²) in [7, 11) is 0. The fourth-order valence-corrected chi connectivity index (χ4v) is 2.11. The molecular formula is C12H22O11. The molecular weight excluding hydrogens is 320 g/mol. The van der Waals surface area contributed by atoms with E-state index >= 15 is 0 Å². The summed E-state index contributed by atoms with van der Waals surface area (Å²) in [5.41, 5.74) is 0. The summed E-state index contributed by atoms with van der Waals surface area (Å²) in [5.74, 6) is 0. The zero-order valence-electron chi connectivity index (χ0n) is 12.0. The normalized spacial score (nSPS) is 34.6. The highest BCUT2D eigenvalue weighted by Crippen LogP contribution is 2.26. The Morgan fingerprint density at radius 1 is 1.00 bits per heavy atom. The lowest BCUT2D eigenvalue weighted by Gasteiger charge is -2.29. The quantitative estimate of drug-likeness (QED) is 0.186.